The molecule has 0 heterocycles. The van der Waals surface area contributed by atoms with Crippen LogP contribution in [-0.4, -0.2) is 16.8 Å². The van der Waals surface area contributed by atoms with Crippen molar-refractivity contribution in [1.29, 1.82) is 0 Å². The molecule has 0 bridgehead atoms. The fourth-order valence-electron chi connectivity index (χ4n) is 4.39. The molecule has 142 valence electrons. The second kappa shape index (κ2) is 8.24. The largest absolute Gasteiger partial charge is 0.395 e. The van der Waals surface area contributed by atoms with Crippen molar-refractivity contribution in [3.05, 3.63) is 84.5 Å². The van der Waals surface area contributed by atoms with E-state index in [4.69, 9.17) is 0 Å². The number of hydrogen-bond acceptors (Lipinski definition) is 2. The summed E-state index contributed by atoms with van der Waals surface area (Å²) in [5.74, 6) is 0.798. The molecule has 2 heteroatoms. The molecule has 1 fully saturated rings. The first-order valence-corrected chi connectivity index (χ1v) is 9.72. The molecule has 0 spiro atoms. The molecule has 3 rings (SSSR count). The van der Waals surface area contributed by atoms with Gasteiger partial charge in [0.05, 0.1) is 13.2 Å². The van der Waals surface area contributed by atoms with Gasteiger partial charge in [-0.25, -0.2) is 0 Å². The van der Waals surface area contributed by atoms with E-state index in [1.165, 1.54) is 16.7 Å². The van der Waals surface area contributed by atoms with Crippen molar-refractivity contribution >= 4 is 0 Å². The fraction of sp³-hybridized carbons (Fsp3) is 0.360. The first-order valence-electron chi connectivity index (χ1n) is 9.72. The Kier molecular flexibility index (Phi) is 5.98. The Labute approximate surface area is 162 Å². The minimum atomic E-state index is -0.185. The summed E-state index contributed by atoms with van der Waals surface area (Å²) >= 11 is 0. The third kappa shape index (κ3) is 4.07. The molecule has 27 heavy (non-hydrogen) atoms. The molecule has 1 aliphatic rings. The minimum absolute atomic E-state index is 0.0686. The summed E-state index contributed by atoms with van der Waals surface area (Å²) in [6.45, 7) is 10.6. The first-order chi connectivity index (χ1) is 13.0. The Morgan fingerprint density at radius 2 is 1.67 bits per heavy atom. The summed E-state index contributed by atoms with van der Waals surface area (Å²) in [4.78, 5) is 0. The van der Waals surface area contributed by atoms with Gasteiger partial charge in [-0.1, -0.05) is 66.8 Å². The number of aliphatic hydroxyl groups is 2. The van der Waals surface area contributed by atoms with E-state index in [9.17, 15) is 10.2 Å². The van der Waals surface area contributed by atoms with E-state index in [1.54, 1.807) is 0 Å². The maximum absolute atomic E-state index is 9.96. The van der Waals surface area contributed by atoms with Crippen LogP contribution in [0.5, 0.6) is 0 Å². The first kappa shape index (κ1) is 19.6. The van der Waals surface area contributed by atoms with E-state index in [0.29, 0.717) is 11.8 Å². The lowest BCUT2D eigenvalue weighted by atomic mass is 9.62. The number of allylic oxidation sites excluding steroid dienone is 1. The topological polar surface area (TPSA) is 40.5 Å². The Bertz CT molecular complexity index is 788. The average molecular weight is 363 g/mol. The van der Waals surface area contributed by atoms with Crippen molar-refractivity contribution in [2.24, 2.45) is 11.3 Å². The van der Waals surface area contributed by atoms with Gasteiger partial charge in [-0.3, -0.25) is 0 Å². The van der Waals surface area contributed by atoms with E-state index in [2.05, 4.69) is 44.3 Å². The van der Waals surface area contributed by atoms with E-state index in [-0.39, 0.29) is 18.6 Å². The monoisotopic (exact) mass is 362 g/mol. The molecule has 0 amide bonds. The number of aliphatic hydroxyl groups excluding tert-OH is 2. The summed E-state index contributed by atoms with van der Waals surface area (Å²) in [6.07, 6.45) is 4.87. The zero-order chi connectivity index (χ0) is 19.4. The van der Waals surface area contributed by atoms with Crippen LogP contribution in [0.1, 0.15) is 43.2 Å². The van der Waals surface area contributed by atoms with E-state index < -0.39 is 0 Å². The quantitative estimate of drug-likeness (QED) is 0.669. The minimum Gasteiger partial charge on any atom is -0.395 e. The Hall–Kier alpha value is -2.16. The summed E-state index contributed by atoms with van der Waals surface area (Å²) in [5, 5.41) is 19.2. The number of rotatable bonds is 6. The second-order valence-corrected chi connectivity index (χ2v) is 8.00. The van der Waals surface area contributed by atoms with Gasteiger partial charge >= 0.3 is 0 Å². The lowest BCUT2D eigenvalue weighted by molar-refractivity contribution is 0.100. The Morgan fingerprint density at radius 1 is 1.07 bits per heavy atom. The lowest BCUT2D eigenvalue weighted by Crippen LogP contribution is -2.34. The van der Waals surface area contributed by atoms with Crippen LogP contribution in [0.2, 0.25) is 0 Å². The van der Waals surface area contributed by atoms with Crippen molar-refractivity contribution in [2.75, 3.05) is 6.61 Å². The maximum atomic E-state index is 9.96. The molecular formula is C25H30O2. The summed E-state index contributed by atoms with van der Waals surface area (Å²) in [6, 6.07) is 16.8. The van der Waals surface area contributed by atoms with E-state index in [0.717, 1.165) is 30.4 Å². The highest BCUT2D eigenvalue weighted by Crippen LogP contribution is 2.49. The Balaban J connectivity index is 1.88. The normalized spacial score (nSPS) is 25.1. The SMILES string of the molecule is C=C[C@]1(CO)CC[C@@H](C(=C)C)[C@H](c2ccc(-c3ccc(CO)cc3)cc2)C1. The number of benzene rings is 2. The van der Waals surface area contributed by atoms with Gasteiger partial charge in [0, 0.05) is 5.41 Å². The zero-order valence-corrected chi connectivity index (χ0v) is 16.2. The smallest absolute Gasteiger partial charge is 0.0681 e. The summed E-state index contributed by atoms with van der Waals surface area (Å²) in [7, 11) is 0. The van der Waals surface area contributed by atoms with Crippen LogP contribution in [0.3, 0.4) is 0 Å². The highest BCUT2D eigenvalue weighted by Gasteiger charge is 2.39. The molecule has 0 saturated heterocycles. The van der Waals surface area contributed by atoms with Gasteiger partial charge in [-0.05, 0) is 60.3 Å². The summed E-state index contributed by atoms with van der Waals surface area (Å²) < 4.78 is 0. The third-order valence-corrected chi connectivity index (χ3v) is 6.25. The van der Waals surface area contributed by atoms with Crippen LogP contribution in [0.4, 0.5) is 0 Å². The molecule has 0 unspecified atom stereocenters. The van der Waals surface area contributed by atoms with Crippen LogP contribution >= 0.6 is 0 Å². The van der Waals surface area contributed by atoms with Crippen LogP contribution in [0.25, 0.3) is 11.1 Å². The van der Waals surface area contributed by atoms with Crippen LogP contribution in [-0.2, 0) is 6.61 Å². The van der Waals surface area contributed by atoms with Gasteiger partial charge in [0.25, 0.3) is 0 Å². The van der Waals surface area contributed by atoms with Crippen molar-refractivity contribution in [1.82, 2.24) is 0 Å². The third-order valence-electron chi connectivity index (χ3n) is 6.25. The summed E-state index contributed by atoms with van der Waals surface area (Å²) in [5.41, 5.74) is 5.58. The van der Waals surface area contributed by atoms with E-state index in [1.807, 2.05) is 30.3 Å². The fourth-order valence-corrected chi connectivity index (χ4v) is 4.39. The molecular weight excluding hydrogens is 332 g/mol. The molecule has 2 nitrogen and oxygen atoms in total. The molecule has 1 saturated carbocycles. The molecule has 2 N–H and O–H groups in total. The molecule has 2 aromatic rings. The standard InChI is InChI=1S/C25H30O2/c1-4-25(17-27)14-13-23(18(2)3)24(15-25)22-11-9-21(10-12-22)20-7-5-19(16-26)6-8-20/h4-12,23-24,26-27H,1-2,13-17H2,3H3/t23-,24-,25-/m0/s1. The predicted octanol–water partition coefficient (Wildman–Crippen LogP) is 5.47. The highest BCUT2D eigenvalue weighted by molar-refractivity contribution is 5.64. The number of hydrogen-bond donors (Lipinski definition) is 2. The van der Waals surface area contributed by atoms with Gasteiger partial charge in [0.1, 0.15) is 0 Å². The van der Waals surface area contributed by atoms with E-state index >= 15 is 0 Å². The second-order valence-electron chi connectivity index (χ2n) is 8.00. The van der Waals surface area contributed by atoms with Gasteiger partial charge < -0.3 is 10.2 Å². The van der Waals surface area contributed by atoms with Crippen molar-refractivity contribution in [2.45, 2.75) is 38.7 Å². The van der Waals surface area contributed by atoms with Gasteiger partial charge in [0.2, 0.25) is 0 Å². The molecule has 0 aromatic heterocycles. The molecule has 3 atom stereocenters. The lowest BCUT2D eigenvalue weighted by Gasteiger charge is -2.43. The predicted molar refractivity (Wildman–Crippen MR) is 112 cm³/mol. The molecule has 0 radical (unpaired) electrons. The van der Waals surface area contributed by atoms with Crippen molar-refractivity contribution in [3.63, 3.8) is 0 Å². The van der Waals surface area contributed by atoms with Crippen molar-refractivity contribution in [3.8, 4) is 11.1 Å². The van der Waals surface area contributed by atoms with Crippen LogP contribution < -0.4 is 0 Å². The molecule has 1 aliphatic carbocycles. The average Bonchev–Trinajstić information content (AvgIpc) is 2.73. The molecule has 0 aliphatic heterocycles. The van der Waals surface area contributed by atoms with Crippen LogP contribution in [0, 0.1) is 11.3 Å². The highest BCUT2D eigenvalue weighted by atomic mass is 16.3. The Morgan fingerprint density at radius 3 is 2.15 bits per heavy atom. The molecule has 2 aromatic carbocycles. The van der Waals surface area contributed by atoms with Gasteiger partial charge in [-0.15, -0.1) is 6.58 Å². The van der Waals surface area contributed by atoms with Gasteiger partial charge in [0.15, 0.2) is 0 Å². The maximum Gasteiger partial charge on any atom is 0.0681 e. The zero-order valence-electron chi connectivity index (χ0n) is 16.2. The van der Waals surface area contributed by atoms with Gasteiger partial charge in [-0.2, -0.15) is 0 Å². The van der Waals surface area contributed by atoms with Crippen LogP contribution in [0.15, 0.2) is 73.3 Å². The van der Waals surface area contributed by atoms with Crippen molar-refractivity contribution < 1.29 is 10.2 Å².